The smallest absolute Gasteiger partial charge is 0.373 e. The van der Waals surface area contributed by atoms with Crippen molar-refractivity contribution in [2.45, 2.75) is 25.9 Å². The standard InChI is InChI=1S/C13H17BrF3N3/c1-3-4-5-6-18-12-11(19-9-13(15,16)17)7-10(14)8-20(12)2/h5-8,19H,3-4,9H2,1-2H3/b6-5+,18-12?. The van der Waals surface area contributed by atoms with E-state index in [1.165, 1.54) is 0 Å². The number of hydrogen-bond acceptors (Lipinski definition) is 2. The third kappa shape index (κ3) is 5.81. The summed E-state index contributed by atoms with van der Waals surface area (Å²) in [7, 11) is 1.73. The number of halogens is 4. The predicted molar refractivity (Wildman–Crippen MR) is 77.3 cm³/mol. The Morgan fingerprint density at radius 1 is 1.45 bits per heavy atom. The van der Waals surface area contributed by atoms with Crippen LogP contribution in [0.15, 0.2) is 34.0 Å². The first kappa shape index (κ1) is 16.8. The number of anilines is 1. The number of allylic oxidation sites excluding steroid dienone is 1. The number of nitrogens with one attached hydrogen (secondary N) is 1. The average Bonchev–Trinajstić information content (AvgIpc) is 2.33. The summed E-state index contributed by atoms with van der Waals surface area (Å²) in [5.41, 5.74) is 0.783. The minimum absolute atomic E-state index is 0.334. The predicted octanol–water partition coefficient (Wildman–Crippen LogP) is 3.98. The van der Waals surface area contributed by atoms with E-state index in [9.17, 15) is 13.2 Å². The Morgan fingerprint density at radius 2 is 2.15 bits per heavy atom. The number of nitrogens with zero attached hydrogens (tertiary/aromatic N) is 2. The van der Waals surface area contributed by atoms with Crippen molar-refractivity contribution in [1.29, 1.82) is 0 Å². The van der Waals surface area contributed by atoms with Crippen molar-refractivity contribution in [2.75, 3.05) is 11.9 Å². The average molecular weight is 352 g/mol. The lowest BCUT2D eigenvalue weighted by molar-refractivity contribution is -0.115. The molecule has 0 spiro atoms. The highest BCUT2D eigenvalue weighted by molar-refractivity contribution is 9.10. The quantitative estimate of drug-likeness (QED) is 0.854. The molecule has 0 aliphatic heterocycles. The van der Waals surface area contributed by atoms with Crippen molar-refractivity contribution in [3.8, 4) is 0 Å². The fourth-order valence-electron chi connectivity index (χ4n) is 1.53. The van der Waals surface area contributed by atoms with Crippen LogP contribution in [0.2, 0.25) is 0 Å². The molecule has 1 rings (SSSR count). The van der Waals surface area contributed by atoms with E-state index in [2.05, 4.69) is 26.2 Å². The monoisotopic (exact) mass is 351 g/mol. The lowest BCUT2D eigenvalue weighted by Gasteiger charge is -2.12. The van der Waals surface area contributed by atoms with E-state index in [1.54, 1.807) is 30.1 Å². The van der Waals surface area contributed by atoms with Gasteiger partial charge in [0, 0.05) is 23.9 Å². The van der Waals surface area contributed by atoms with Crippen molar-refractivity contribution >= 4 is 21.6 Å². The Morgan fingerprint density at radius 3 is 2.75 bits per heavy atom. The molecule has 0 aliphatic carbocycles. The minimum atomic E-state index is -4.27. The largest absolute Gasteiger partial charge is 0.405 e. The maximum atomic E-state index is 12.3. The van der Waals surface area contributed by atoms with Crippen molar-refractivity contribution in [3.05, 3.63) is 34.5 Å². The highest BCUT2D eigenvalue weighted by atomic mass is 79.9. The van der Waals surface area contributed by atoms with E-state index in [0.717, 1.165) is 12.8 Å². The zero-order valence-corrected chi connectivity index (χ0v) is 12.9. The van der Waals surface area contributed by atoms with E-state index in [1.807, 2.05) is 13.0 Å². The molecule has 0 amide bonds. The molecule has 1 heterocycles. The fourth-order valence-corrected chi connectivity index (χ4v) is 2.06. The van der Waals surface area contributed by atoms with E-state index in [0.29, 0.717) is 15.6 Å². The summed E-state index contributed by atoms with van der Waals surface area (Å²) in [6.07, 6.45) is 2.86. The highest BCUT2D eigenvalue weighted by Gasteiger charge is 2.26. The summed E-state index contributed by atoms with van der Waals surface area (Å²) in [5, 5.41) is 2.37. The van der Waals surface area contributed by atoms with Crippen LogP contribution < -0.4 is 10.8 Å². The molecule has 1 N–H and O–H groups in total. The van der Waals surface area contributed by atoms with Gasteiger partial charge in [-0.05, 0) is 28.4 Å². The molecular formula is C13H17BrF3N3. The summed E-state index contributed by atoms with van der Waals surface area (Å²) >= 11 is 3.26. The van der Waals surface area contributed by atoms with Gasteiger partial charge in [-0.2, -0.15) is 13.2 Å². The number of aromatic nitrogens is 1. The molecule has 3 nitrogen and oxygen atoms in total. The van der Waals surface area contributed by atoms with Gasteiger partial charge in [-0.1, -0.05) is 19.4 Å². The van der Waals surface area contributed by atoms with Crippen LogP contribution in [-0.2, 0) is 7.05 Å². The number of alkyl halides is 3. The van der Waals surface area contributed by atoms with Crippen LogP contribution in [0.25, 0.3) is 0 Å². The lowest BCUT2D eigenvalue weighted by atomic mass is 10.3. The number of unbranched alkanes of at least 4 members (excludes halogenated alkanes) is 1. The van der Waals surface area contributed by atoms with Crippen LogP contribution in [0.3, 0.4) is 0 Å². The Hall–Kier alpha value is -1.24. The molecular weight excluding hydrogens is 335 g/mol. The molecule has 7 heteroatoms. The van der Waals surface area contributed by atoms with Crippen LogP contribution in [0.5, 0.6) is 0 Å². The summed E-state index contributed by atoms with van der Waals surface area (Å²) in [4.78, 5) is 4.22. The van der Waals surface area contributed by atoms with Crippen LogP contribution >= 0.6 is 15.9 Å². The number of pyridine rings is 1. The van der Waals surface area contributed by atoms with Gasteiger partial charge in [0.25, 0.3) is 0 Å². The van der Waals surface area contributed by atoms with Crippen LogP contribution in [-0.4, -0.2) is 17.3 Å². The molecule has 0 aliphatic rings. The molecule has 0 saturated heterocycles. The molecule has 20 heavy (non-hydrogen) atoms. The molecule has 0 fully saturated rings. The number of aryl methyl sites for hydroxylation is 1. The van der Waals surface area contributed by atoms with Crippen LogP contribution in [0.4, 0.5) is 18.9 Å². The third-order valence-corrected chi connectivity index (χ3v) is 2.84. The maximum absolute atomic E-state index is 12.3. The first-order valence-corrected chi connectivity index (χ1v) is 6.98. The van der Waals surface area contributed by atoms with Crippen LogP contribution in [0, 0.1) is 0 Å². The summed E-state index contributed by atoms with van der Waals surface area (Å²) in [6, 6.07) is 1.58. The molecule has 0 saturated carbocycles. The Balaban J connectivity index is 3.07. The normalized spacial score (nSPS) is 13.2. The summed E-state index contributed by atoms with van der Waals surface area (Å²) < 4.78 is 39.3. The van der Waals surface area contributed by atoms with E-state index >= 15 is 0 Å². The van der Waals surface area contributed by atoms with Crippen LogP contribution in [0.1, 0.15) is 19.8 Å². The van der Waals surface area contributed by atoms with E-state index in [4.69, 9.17) is 0 Å². The van der Waals surface area contributed by atoms with Crippen molar-refractivity contribution in [3.63, 3.8) is 0 Å². The number of rotatable bonds is 5. The van der Waals surface area contributed by atoms with Gasteiger partial charge in [-0.25, -0.2) is 4.99 Å². The van der Waals surface area contributed by atoms with Gasteiger partial charge in [-0.15, -0.1) is 0 Å². The van der Waals surface area contributed by atoms with Gasteiger partial charge >= 0.3 is 6.18 Å². The third-order valence-electron chi connectivity index (χ3n) is 2.41. The fraction of sp³-hybridized carbons (Fsp3) is 0.462. The molecule has 0 atom stereocenters. The molecule has 112 valence electrons. The van der Waals surface area contributed by atoms with Gasteiger partial charge in [0.05, 0.1) is 5.69 Å². The van der Waals surface area contributed by atoms with Crippen molar-refractivity contribution in [1.82, 2.24) is 4.57 Å². The summed E-state index contributed by atoms with van der Waals surface area (Å²) in [5.74, 6) is 0. The zero-order chi connectivity index (χ0) is 15.2. The van der Waals surface area contributed by atoms with Crippen molar-refractivity contribution in [2.24, 2.45) is 12.0 Å². The van der Waals surface area contributed by atoms with Gasteiger partial charge in [0.2, 0.25) is 0 Å². The zero-order valence-electron chi connectivity index (χ0n) is 11.3. The second-order valence-electron chi connectivity index (χ2n) is 4.28. The van der Waals surface area contributed by atoms with Gasteiger partial charge in [0.1, 0.15) is 6.54 Å². The summed E-state index contributed by atoms with van der Waals surface area (Å²) in [6.45, 7) is 0.949. The highest BCUT2D eigenvalue weighted by Crippen LogP contribution is 2.17. The Kier molecular flexibility index (Phi) is 6.32. The second kappa shape index (κ2) is 7.52. The maximum Gasteiger partial charge on any atom is 0.405 e. The molecule has 0 aromatic carbocycles. The first-order valence-electron chi connectivity index (χ1n) is 6.19. The minimum Gasteiger partial charge on any atom is -0.373 e. The van der Waals surface area contributed by atoms with Gasteiger partial charge in [-0.3, -0.25) is 0 Å². The van der Waals surface area contributed by atoms with Gasteiger partial charge < -0.3 is 9.88 Å². The lowest BCUT2D eigenvalue weighted by Crippen LogP contribution is -2.27. The van der Waals surface area contributed by atoms with E-state index in [-0.39, 0.29) is 0 Å². The molecule has 0 unspecified atom stereocenters. The van der Waals surface area contributed by atoms with E-state index < -0.39 is 12.7 Å². The van der Waals surface area contributed by atoms with Crippen molar-refractivity contribution < 1.29 is 13.2 Å². The second-order valence-corrected chi connectivity index (χ2v) is 5.19. The Labute approximate surface area is 124 Å². The number of hydrogen-bond donors (Lipinski definition) is 1. The first-order chi connectivity index (χ1) is 9.33. The SMILES string of the molecule is CCC/C=C/N=c1c(NCC(F)(F)F)cc(Br)cn1C. The molecule has 1 aromatic rings. The molecule has 1 aromatic heterocycles. The van der Waals surface area contributed by atoms with Gasteiger partial charge in [0.15, 0.2) is 5.49 Å². The Bertz CT molecular complexity index is 533. The molecule has 0 bridgehead atoms. The molecule has 0 radical (unpaired) electrons. The topological polar surface area (TPSA) is 29.3 Å².